The van der Waals surface area contributed by atoms with Gasteiger partial charge >= 0.3 is 6.09 Å². The Balaban J connectivity index is 0.000000310. The summed E-state index contributed by atoms with van der Waals surface area (Å²) in [6.07, 6.45) is -1.33. The van der Waals surface area contributed by atoms with Crippen LogP contribution in [0, 0.1) is 0 Å². The van der Waals surface area contributed by atoms with Gasteiger partial charge in [0, 0.05) is 0 Å². The molecule has 0 aromatic heterocycles. The van der Waals surface area contributed by atoms with Crippen LogP contribution in [0.4, 0.5) is 4.79 Å². The first-order valence-corrected chi connectivity index (χ1v) is 4.16. The average molecular weight is 242 g/mol. The summed E-state index contributed by atoms with van der Waals surface area (Å²) in [6.45, 7) is 0. The second-order valence-corrected chi connectivity index (χ2v) is 3.07. The van der Waals surface area contributed by atoms with Crippen molar-refractivity contribution < 1.29 is 9.90 Å². The van der Waals surface area contributed by atoms with Crippen LogP contribution < -0.4 is 5.73 Å². The maximum absolute atomic E-state index is 8.78. The molecule has 0 atom stereocenters. The highest BCUT2D eigenvalue weighted by molar-refractivity contribution is 6.47. The van der Waals surface area contributed by atoms with E-state index < -0.39 is 6.09 Å². The highest BCUT2D eigenvalue weighted by Crippen LogP contribution is 2.28. The largest absolute Gasteiger partial charge is 0.465 e. The lowest BCUT2D eigenvalue weighted by molar-refractivity contribution is 0.205. The smallest absolute Gasteiger partial charge is 0.402 e. The van der Waals surface area contributed by atoms with Crippen LogP contribution in [0.2, 0.25) is 15.1 Å². The molecule has 0 radical (unpaired) electrons. The Morgan fingerprint density at radius 2 is 1.54 bits per heavy atom. The zero-order valence-electron chi connectivity index (χ0n) is 6.30. The fourth-order valence-corrected chi connectivity index (χ4v) is 1.00. The number of carbonyl (C=O) groups is 1. The molecular formula is C7H6Cl3NO2. The van der Waals surface area contributed by atoms with E-state index in [1.165, 1.54) is 0 Å². The predicted octanol–water partition coefficient (Wildman–Crippen LogP) is 3.27. The fourth-order valence-electron chi connectivity index (χ4n) is 0.477. The van der Waals surface area contributed by atoms with Gasteiger partial charge in [0.2, 0.25) is 0 Å². The van der Waals surface area contributed by atoms with Crippen molar-refractivity contribution in [2.24, 2.45) is 5.73 Å². The summed E-state index contributed by atoms with van der Waals surface area (Å²) < 4.78 is 0. The van der Waals surface area contributed by atoms with Gasteiger partial charge in [-0.1, -0.05) is 40.9 Å². The average Bonchev–Trinajstić information content (AvgIpc) is 1.99. The molecule has 0 heterocycles. The molecule has 1 amide bonds. The predicted molar refractivity (Wildman–Crippen MR) is 53.7 cm³/mol. The molecule has 0 fully saturated rings. The maximum Gasteiger partial charge on any atom is 0.402 e. The molecule has 1 aromatic rings. The van der Waals surface area contributed by atoms with Gasteiger partial charge in [0.25, 0.3) is 0 Å². The standard InChI is InChI=1S/C6H3Cl3.CH3NO2/c7-4-2-1-3-5(8)6(4)9;2-1(3)4/h1-3H;2H2,(H,3,4). The Bertz CT molecular complexity index is 280. The Kier molecular flexibility index (Phi) is 5.62. The van der Waals surface area contributed by atoms with E-state index in [0.29, 0.717) is 15.1 Å². The summed E-state index contributed by atoms with van der Waals surface area (Å²) in [7, 11) is 0. The van der Waals surface area contributed by atoms with E-state index in [1.807, 2.05) is 0 Å². The van der Waals surface area contributed by atoms with Crippen molar-refractivity contribution in [1.29, 1.82) is 0 Å². The molecule has 0 saturated heterocycles. The van der Waals surface area contributed by atoms with Crippen molar-refractivity contribution >= 4 is 40.9 Å². The van der Waals surface area contributed by atoms with Crippen LogP contribution in [0.25, 0.3) is 0 Å². The number of halogens is 3. The zero-order valence-corrected chi connectivity index (χ0v) is 8.57. The number of benzene rings is 1. The van der Waals surface area contributed by atoms with E-state index in [4.69, 9.17) is 44.7 Å². The molecule has 0 aliphatic carbocycles. The van der Waals surface area contributed by atoms with Crippen LogP contribution in [0.1, 0.15) is 0 Å². The Morgan fingerprint density at radius 1 is 1.23 bits per heavy atom. The van der Waals surface area contributed by atoms with E-state index in [-0.39, 0.29) is 0 Å². The molecule has 72 valence electrons. The Hall–Kier alpha value is -0.640. The first kappa shape index (κ1) is 12.4. The second-order valence-electron chi connectivity index (χ2n) is 1.87. The van der Waals surface area contributed by atoms with Gasteiger partial charge < -0.3 is 10.8 Å². The molecule has 0 bridgehead atoms. The molecule has 0 saturated carbocycles. The van der Waals surface area contributed by atoms with Crippen molar-refractivity contribution in [3.63, 3.8) is 0 Å². The van der Waals surface area contributed by atoms with Crippen LogP contribution in [0.3, 0.4) is 0 Å². The maximum atomic E-state index is 8.78. The van der Waals surface area contributed by atoms with Crippen molar-refractivity contribution in [1.82, 2.24) is 0 Å². The normalized spacial score (nSPS) is 8.54. The third-order valence-corrected chi connectivity index (χ3v) is 2.14. The fraction of sp³-hybridized carbons (Fsp3) is 0. The van der Waals surface area contributed by atoms with E-state index in [0.717, 1.165) is 0 Å². The minimum atomic E-state index is -1.33. The highest BCUT2D eigenvalue weighted by atomic mass is 35.5. The summed E-state index contributed by atoms with van der Waals surface area (Å²) in [5.74, 6) is 0. The number of carboxylic acid groups (broad SMARTS) is 1. The van der Waals surface area contributed by atoms with Gasteiger partial charge in [0.15, 0.2) is 0 Å². The molecule has 3 N–H and O–H groups in total. The molecule has 1 aromatic carbocycles. The SMILES string of the molecule is Clc1cccc(Cl)c1Cl.NC(=O)O. The molecule has 6 heteroatoms. The van der Waals surface area contributed by atoms with Crippen molar-refractivity contribution in [2.75, 3.05) is 0 Å². The lowest BCUT2D eigenvalue weighted by Crippen LogP contribution is -2.03. The topological polar surface area (TPSA) is 63.3 Å². The van der Waals surface area contributed by atoms with Crippen LogP contribution in [0.5, 0.6) is 0 Å². The van der Waals surface area contributed by atoms with Crippen molar-refractivity contribution in [2.45, 2.75) is 0 Å². The summed E-state index contributed by atoms with van der Waals surface area (Å²) in [4.78, 5) is 8.78. The van der Waals surface area contributed by atoms with Crippen molar-refractivity contribution in [3.05, 3.63) is 33.3 Å². The van der Waals surface area contributed by atoms with Crippen molar-refractivity contribution in [3.8, 4) is 0 Å². The van der Waals surface area contributed by atoms with Gasteiger partial charge in [-0.3, -0.25) is 0 Å². The summed E-state index contributed by atoms with van der Waals surface area (Å²) in [6, 6.07) is 5.13. The first-order chi connectivity index (χ1) is 5.95. The second kappa shape index (κ2) is 5.91. The molecule has 3 nitrogen and oxygen atoms in total. The minimum Gasteiger partial charge on any atom is -0.465 e. The van der Waals surface area contributed by atoms with Gasteiger partial charge in [-0.15, -0.1) is 0 Å². The molecule has 0 spiro atoms. The van der Waals surface area contributed by atoms with Gasteiger partial charge in [-0.2, -0.15) is 0 Å². The lowest BCUT2D eigenvalue weighted by Gasteiger charge is -1.94. The van der Waals surface area contributed by atoms with Crippen LogP contribution in [0.15, 0.2) is 18.2 Å². The monoisotopic (exact) mass is 241 g/mol. The van der Waals surface area contributed by atoms with Crippen LogP contribution >= 0.6 is 34.8 Å². The number of hydrogen-bond acceptors (Lipinski definition) is 1. The number of nitrogens with two attached hydrogens (primary N) is 1. The molecule has 13 heavy (non-hydrogen) atoms. The Labute approximate surface area is 90.0 Å². The number of rotatable bonds is 0. The third kappa shape index (κ3) is 5.58. The van der Waals surface area contributed by atoms with E-state index in [2.05, 4.69) is 5.73 Å². The minimum absolute atomic E-state index is 0.417. The summed E-state index contributed by atoms with van der Waals surface area (Å²) in [5.41, 5.74) is 4.03. The highest BCUT2D eigenvalue weighted by Gasteiger charge is 1.98. The number of hydrogen-bond donors (Lipinski definition) is 2. The van der Waals surface area contributed by atoms with Gasteiger partial charge in [-0.25, -0.2) is 4.79 Å². The van der Waals surface area contributed by atoms with Gasteiger partial charge in [0.05, 0.1) is 15.1 Å². The summed E-state index contributed by atoms with van der Waals surface area (Å²) in [5, 5.41) is 8.59. The van der Waals surface area contributed by atoms with Gasteiger partial charge in [-0.05, 0) is 12.1 Å². The molecule has 0 aliphatic rings. The first-order valence-electron chi connectivity index (χ1n) is 3.03. The zero-order chi connectivity index (χ0) is 10.4. The van der Waals surface area contributed by atoms with Crippen LogP contribution in [-0.4, -0.2) is 11.2 Å². The van der Waals surface area contributed by atoms with E-state index in [9.17, 15) is 0 Å². The number of amides is 1. The number of primary amides is 1. The van der Waals surface area contributed by atoms with Gasteiger partial charge in [0.1, 0.15) is 0 Å². The Morgan fingerprint density at radius 3 is 1.77 bits per heavy atom. The molecule has 0 unspecified atom stereocenters. The lowest BCUT2D eigenvalue weighted by atomic mass is 10.4. The summed E-state index contributed by atoms with van der Waals surface area (Å²) >= 11 is 16.8. The third-order valence-electron chi connectivity index (χ3n) is 0.904. The molecule has 0 aliphatic heterocycles. The van der Waals surface area contributed by atoms with E-state index in [1.54, 1.807) is 18.2 Å². The quantitative estimate of drug-likeness (QED) is 0.686. The van der Waals surface area contributed by atoms with Crippen LogP contribution in [-0.2, 0) is 0 Å². The van der Waals surface area contributed by atoms with E-state index >= 15 is 0 Å². The molecular weight excluding hydrogens is 236 g/mol. The molecule has 1 rings (SSSR count).